The molecule has 3 rings (SSSR count). The van der Waals surface area contributed by atoms with Gasteiger partial charge in [-0.3, -0.25) is 9.78 Å². The van der Waals surface area contributed by atoms with Crippen LogP contribution in [0.25, 0.3) is 10.8 Å². The first-order chi connectivity index (χ1) is 10.8. The molecule has 120 valence electrons. The van der Waals surface area contributed by atoms with Crippen LogP contribution in [-0.2, 0) is 21.9 Å². The number of pyridine rings is 1. The van der Waals surface area contributed by atoms with Crippen LogP contribution < -0.4 is 11.1 Å². The Morgan fingerprint density at radius 1 is 1.17 bits per heavy atom. The van der Waals surface area contributed by atoms with Gasteiger partial charge >= 0.3 is 17.1 Å². The van der Waals surface area contributed by atoms with E-state index in [2.05, 4.69) is 16.4 Å². The van der Waals surface area contributed by atoms with Crippen molar-refractivity contribution in [2.75, 3.05) is 11.9 Å². The van der Waals surface area contributed by atoms with Crippen LogP contribution in [0.2, 0.25) is 0 Å². The molecule has 0 bridgehead atoms. The fraction of sp³-hybridized carbons (Fsp3) is 0.111. The minimum atomic E-state index is -0.372. The molecule has 23 heavy (non-hydrogen) atoms. The summed E-state index contributed by atoms with van der Waals surface area (Å²) in [6, 6.07) is 17.9. The van der Waals surface area contributed by atoms with Gasteiger partial charge in [-0.1, -0.05) is 6.07 Å². The number of rotatable bonds is 4. The molecule has 1 atom stereocenters. The van der Waals surface area contributed by atoms with Crippen LogP contribution in [0, 0.1) is 6.07 Å². The molecule has 0 saturated heterocycles. The summed E-state index contributed by atoms with van der Waals surface area (Å²) >= 11 is 0. The number of nitrogens with zero attached hydrogens (tertiary/aromatic N) is 1. The molecule has 1 aromatic heterocycles. The second kappa shape index (κ2) is 7.88. The zero-order valence-corrected chi connectivity index (χ0v) is 13.2. The van der Waals surface area contributed by atoms with Crippen molar-refractivity contribution < 1.29 is 21.9 Å². The summed E-state index contributed by atoms with van der Waals surface area (Å²) in [5.41, 5.74) is 7.42. The smallest absolute Gasteiger partial charge is 0.329 e. The Morgan fingerprint density at radius 2 is 1.96 bits per heavy atom. The van der Waals surface area contributed by atoms with E-state index >= 15 is 0 Å². The zero-order chi connectivity index (χ0) is 15.4. The van der Waals surface area contributed by atoms with Gasteiger partial charge in [-0.05, 0) is 23.6 Å². The molecule has 0 spiro atoms. The molecule has 1 heterocycles. The summed E-state index contributed by atoms with van der Waals surface area (Å²) in [6.07, 6.45) is 3.53. The van der Waals surface area contributed by atoms with E-state index in [4.69, 9.17) is 5.73 Å². The van der Waals surface area contributed by atoms with E-state index in [0.717, 1.165) is 22.0 Å². The number of anilines is 1. The van der Waals surface area contributed by atoms with Gasteiger partial charge < -0.3 is 11.1 Å². The quantitative estimate of drug-likeness (QED) is 0.559. The van der Waals surface area contributed by atoms with Crippen LogP contribution in [0.5, 0.6) is 0 Å². The minimum Gasteiger partial charge on any atom is -0.329 e. The second-order valence-electron chi connectivity index (χ2n) is 5.05. The first kappa shape index (κ1) is 17.2. The maximum absolute atomic E-state index is 12.5. The van der Waals surface area contributed by atoms with Crippen LogP contribution >= 0.6 is 0 Å². The number of benzene rings is 2. The van der Waals surface area contributed by atoms with E-state index in [1.54, 1.807) is 24.5 Å². The predicted molar refractivity (Wildman–Crippen MR) is 87.4 cm³/mol. The van der Waals surface area contributed by atoms with Gasteiger partial charge in [-0.2, -0.15) is 30.3 Å². The Bertz CT molecular complexity index is 792. The molecule has 1 unspecified atom stereocenters. The second-order valence-corrected chi connectivity index (χ2v) is 5.05. The molecule has 5 heteroatoms. The minimum absolute atomic E-state index is 0. The Hall–Kier alpha value is -2.20. The molecule has 0 aliphatic carbocycles. The number of hydrogen-bond acceptors (Lipinski definition) is 3. The molecule has 2 aromatic carbocycles. The summed E-state index contributed by atoms with van der Waals surface area (Å²) in [7, 11) is 0. The molecule has 1 amide bonds. The fourth-order valence-corrected chi connectivity index (χ4v) is 2.42. The summed E-state index contributed by atoms with van der Waals surface area (Å²) in [6.45, 7) is 0.257. The Kier molecular flexibility index (Phi) is 5.88. The van der Waals surface area contributed by atoms with Gasteiger partial charge in [-0.25, -0.2) is 0 Å². The van der Waals surface area contributed by atoms with Crippen molar-refractivity contribution in [3.8, 4) is 0 Å². The summed E-state index contributed by atoms with van der Waals surface area (Å²) in [5, 5.41) is 5.00. The maximum atomic E-state index is 12.5. The third-order valence-electron chi connectivity index (χ3n) is 3.61. The van der Waals surface area contributed by atoms with Crippen LogP contribution in [0.3, 0.4) is 0 Å². The zero-order valence-electron chi connectivity index (χ0n) is 12.3. The number of fused-ring (bicyclic) bond motifs is 1. The monoisotopic (exact) mass is 353 g/mol. The topological polar surface area (TPSA) is 68.0 Å². The van der Waals surface area contributed by atoms with Crippen molar-refractivity contribution in [2.24, 2.45) is 5.73 Å². The van der Waals surface area contributed by atoms with Crippen LogP contribution in [0.4, 0.5) is 5.69 Å². The van der Waals surface area contributed by atoms with Gasteiger partial charge in [0, 0.05) is 30.0 Å². The van der Waals surface area contributed by atoms with Gasteiger partial charge in [0.2, 0.25) is 5.91 Å². The van der Waals surface area contributed by atoms with E-state index < -0.39 is 0 Å². The average Bonchev–Trinajstić information content (AvgIpc) is 2.56. The number of nitrogens with one attached hydrogen (secondary N) is 1. The molecule has 0 fully saturated rings. The summed E-state index contributed by atoms with van der Waals surface area (Å²) < 4.78 is 0. The van der Waals surface area contributed by atoms with E-state index in [1.165, 1.54) is 0 Å². The number of carbonyl (C=O) groups is 1. The third-order valence-corrected chi connectivity index (χ3v) is 3.61. The number of nitrogens with two attached hydrogens (primary N) is 1. The van der Waals surface area contributed by atoms with E-state index in [9.17, 15) is 4.79 Å². The largest absolute Gasteiger partial charge is 1.00 e. The van der Waals surface area contributed by atoms with Crippen molar-refractivity contribution >= 4 is 22.4 Å². The number of amides is 1. The number of aromatic nitrogens is 1. The normalized spacial score (nSPS) is 11.5. The first-order valence-corrected chi connectivity index (χ1v) is 7.08. The van der Waals surface area contributed by atoms with Crippen molar-refractivity contribution in [1.29, 1.82) is 0 Å². The summed E-state index contributed by atoms with van der Waals surface area (Å²) in [5.74, 6) is -0.482. The van der Waals surface area contributed by atoms with Gasteiger partial charge in [0.1, 0.15) is 0 Å². The summed E-state index contributed by atoms with van der Waals surface area (Å²) in [4.78, 5) is 16.5. The van der Waals surface area contributed by atoms with Crippen LogP contribution in [0.1, 0.15) is 11.5 Å². The Balaban J connectivity index is 0.00000192. The van der Waals surface area contributed by atoms with Gasteiger partial charge in [0.15, 0.2) is 0 Å². The van der Waals surface area contributed by atoms with Crippen molar-refractivity contribution in [3.63, 3.8) is 0 Å². The average molecular weight is 354 g/mol. The van der Waals surface area contributed by atoms with Crippen molar-refractivity contribution in [1.82, 2.24) is 4.98 Å². The van der Waals surface area contributed by atoms with E-state index in [1.807, 2.05) is 36.4 Å². The van der Waals surface area contributed by atoms with Crippen LogP contribution in [-0.4, -0.2) is 17.4 Å². The molecular weight excluding hydrogens is 338 g/mol. The molecular formula is C18H16CuN3O. The first-order valence-electron chi connectivity index (χ1n) is 7.08. The predicted octanol–water partition coefficient (Wildman–Crippen LogP) is 2.71. The van der Waals surface area contributed by atoms with E-state index in [0.29, 0.717) is 0 Å². The molecule has 3 N–H and O–H groups in total. The molecule has 0 aliphatic rings. The maximum Gasteiger partial charge on any atom is 1.00 e. The third kappa shape index (κ3) is 3.96. The molecule has 0 aliphatic heterocycles. The molecule has 0 saturated carbocycles. The number of hydrogen-bond donors (Lipinski definition) is 2. The van der Waals surface area contributed by atoms with E-state index in [-0.39, 0.29) is 35.4 Å². The van der Waals surface area contributed by atoms with Crippen LogP contribution in [0.15, 0.2) is 60.9 Å². The van der Waals surface area contributed by atoms with Gasteiger partial charge in [-0.15, -0.1) is 5.56 Å². The van der Waals surface area contributed by atoms with Gasteiger partial charge in [0.25, 0.3) is 0 Å². The van der Waals surface area contributed by atoms with Crippen molar-refractivity contribution in [3.05, 3.63) is 72.6 Å². The molecule has 3 aromatic rings. The SMILES string of the molecule is NCC(C(=O)Nc1ccc2cnccc2c1)c1cc[c-]cc1.[Cu+]. The van der Waals surface area contributed by atoms with Crippen molar-refractivity contribution in [2.45, 2.75) is 5.92 Å². The standard InChI is InChI=1S/C18H16N3O.Cu/c19-11-17(13-4-2-1-3-5-13)18(22)21-16-7-6-15-12-20-9-8-14(15)10-16;/h2-10,12,17H,11,19H2,(H,21,22);/q-1;+1. The number of carbonyl (C=O) groups excluding carboxylic acids is 1. The van der Waals surface area contributed by atoms with Gasteiger partial charge in [0.05, 0.1) is 5.92 Å². The fourth-order valence-electron chi connectivity index (χ4n) is 2.42. The Morgan fingerprint density at radius 3 is 2.70 bits per heavy atom. The molecule has 4 nitrogen and oxygen atoms in total. The molecule has 0 radical (unpaired) electrons. The Labute approximate surface area is 145 Å².